The summed E-state index contributed by atoms with van der Waals surface area (Å²) in [6.45, 7) is 0.657. The molecule has 0 amide bonds. The molecule has 0 aliphatic heterocycles. The quantitative estimate of drug-likeness (QED) is 0.873. The Bertz CT molecular complexity index is 662. The predicted octanol–water partition coefficient (Wildman–Crippen LogP) is 1.55. The van der Waals surface area contributed by atoms with Gasteiger partial charge < -0.3 is 9.88 Å². The number of anilines is 1. The van der Waals surface area contributed by atoms with E-state index >= 15 is 0 Å². The van der Waals surface area contributed by atoms with Gasteiger partial charge in [-0.2, -0.15) is 0 Å². The molecule has 0 saturated heterocycles. The lowest BCUT2D eigenvalue weighted by Gasteiger charge is -2.08. The van der Waals surface area contributed by atoms with Crippen LogP contribution < -0.4 is 10.0 Å². The Kier molecular flexibility index (Phi) is 3.92. The molecule has 0 saturated carbocycles. The smallest absolute Gasteiger partial charge is 0.240 e. The van der Waals surface area contributed by atoms with Gasteiger partial charge in [0.15, 0.2) is 0 Å². The maximum Gasteiger partial charge on any atom is 0.240 e. The minimum Gasteiger partial charge on any atom is -0.381 e. The fraction of sp³-hybridized carbons (Fsp3) is 0.231. The number of benzene rings is 1. The number of aromatic nitrogens is 1. The van der Waals surface area contributed by atoms with Crippen LogP contribution in [-0.2, 0) is 23.6 Å². The second-order valence-corrected chi connectivity index (χ2v) is 6.16. The maximum absolute atomic E-state index is 11.7. The van der Waals surface area contributed by atoms with Gasteiger partial charge in [0.1, 0.15) is 0 Å². The molecule has 6 heteroatoms. The summed E-state index contributed by atoms with van der Waals surface area (Å²) in [4.78, 5) is 0.257. The first-order chi connectivity index (χ1) is 9.01. The first-order valence-corrected chi connectivity index (χ1v) is 7.38. The third-order valence-corrected chi connectivity index (χ3v) is 4.21. The standard InChI is InChI=1S/C13H17N3O2S/c1-14-19(17,18)13-5-3-4-12(8-13)15-9-11-6-7-16(2)10-11/h3-8,10,14-15H,9H2,1-2H3. The molecule has 19 heavy (non-hydrogen) atoms. The Balaban J connectivity index is 2.11. The summed E-state index contributed by atoms with van der Waals surface area (Å²) < 4.78 is 27.7. The van der Waals surface area contributed by atoms with E-state index in [1.54, 1.807) is 18.2 Å². The number of nitrogens with zero attached hydrogens (tertiary/aromatic N) is 1. The Morgan fingerprint density at radius 3 is 2.68 bits per heavy atom. The van der Waals surface area contributed by atoms with Crippen LogP contribution in [0.25, 0.3) is 0 Å². The summed E-state index contributed by atoms with van der Waals surface area (Å²) in [5, 5.41) is 3.21. The van der Waals surface area contributed by atoms with E-state index in [1.165, 1.54) is 7.05 Å². The number of hydrogen-bond acceptors (Lipinski definition) is 3. The van der Waals surface area contributed by atoms with Crippen LogP contribution in [-0.4, -0.2) is 20.0 Å². The van der Waals surface area contributed by atoms with E-state index in [0.29, 0.717) is 6.54 Å². The highest BCUT2D eigenvalue weighted by atomic mass is 32.2. The van der Waals surface area contributed by atoms with E-state index in [9.17, 15) is 8.42 Å². The van der Waals surface area contributed by atoms with Crippen molar-refractivity contribution in [3.05, 3.63) is 48.3 Å². The first-order valence-electron chi connectivity index (χ1n) is 5.89. The van der Waals surface area contributed by atoms with E-state index in [1.807, 2.05) is 36.1 Å². The van der Waals surface area contributed by atoms with Crippen LogP contribution in [0.15, 0.2) is 47.6 Å². The minimum absolute atomic E-state index is 0.257. The van der Waals surface area contributed by atoms with E-state index in [-0.39, 0.29) is 4.90 Å². The van der Waals surface area contributed by atoms with Gasteiger partial charge in [0, 0.05) is 31.7 Å². The molecule has 0 atom stereocenters. The summed E-state index contributed by atoms with van der Waals surface area (Å²) in [5.41, 5.74) is 1.92. The molecule has 0 spiro atoms. The normalized spacial score (nSPS) is 11.5. The van der Waals surface area contributed by atoms with Gasteiger partial charge in [0.25, 0.3) is 0 Å². The largest absolute Gasteiger partial charge is 0.381 e. The monoisotopic (exact) mass is 279 g/mol. The van der Waals surface area contributed by atoms with Crippen molar-refractivity contribution in [2.45, 2.75) is 11.4 Å². The molecule has 2 aromatic rings. The highest BCUT2D eigenvalue weighted by Crippen LogP contribution is 2.16. The fourth-order valence-electron chi connectivity index (χ4n) is 1.76. The van der Waals surface area contributed by atoms with Gasteiger partial charge in [-0.25, -0.2) is 13.1 Å². The summed E-state index contributed by atoms with van der Waals surface area (Å²) in [6, 6.07) is 8.77. The molecule has 0 aliphatic rings. The minimum atomic E-state index is -3.39. The molecule has 0 unspecified atom stereocenters. The van der Waals surface area contributed by atoms with Gasteiger partial charge in [-0.05, 0) is 36.9 Å². The summed E-state index contributed by atoms with van der Waals surface area (Å²) in [5.74, 6) is 0. The van der Waals surface area contributed by atoms with Gasteiger partial charge in [0.2, 0.25) is 10.0 Å². The van der Waals surface area contributed by atoms with Gasteiger partial charge in [-0.15, -0.1) is 0 Å². The van der Waals surface area contributed by atoms with Crippen LogP contribution >= 0.6 is 0 Å². The second-order valence-electron chi connectivity index (χ2n) is 4.27. The highest BCUT2D eigenvalue weighted by Gasteiger charge is 2.11. The van der Waals surface area contributed by atoms with Crippen LogP contribution in [0.1, 0.15) is 5.56 Å². The van der Waals surface area contributed by atoms with Gasteiger partial charge in [-0.1, -0.05) is 6.07 Å². The molecule has 1 heterocycles. The average Bonchev–Trinajstić information content (AvgIpc) is 2.82. The number of sulfonamides is 1. The SMILES string of the molecule is CNS(=O)(=O)c1cccc(NCc2ccn(C)c2)c1. The maximum atomic E-state index is 11.7. The number of nitrogens with one attached hydrogen (secondary N) is 2. The summed E-state index contributed by atoms with van der Waals surface area (Å²) in [6.07, 6.45) is 3.99. The van der Waals surface area contributed by atoms with Gasteiger partial charge in [-0.3, -0.25) is 0 Å². The Morgan fingerprint density at radius 2 is 2.05 bits per heavy atom. The summed E-state index contributed by atoms with van der Waals surface area (Å²) >= 11 is 0. The third-order valence-electron chi connectivity index (χ3n) is 2.80. The predicted molar refractivity (Wildman–Crippen MR) is 75.4 cm³/mol. The van der Waals surface area contributed by atoms with E-state index in [2.05, 4.69) is 10.0 Å². The lowest BCUT2D eigenvalue weighted by atomic mass is 10.3. The van der Waals surface area contributed by atoms with Crippen molar-refractivity contribution in [3.63, 3.8) is 0 Å². The van der Waals surface area contributed by atoms with E-state index in [0.717, 1.165) is 11.3 Å². The molecule has 0 bridgehead atoms. The molecule has 102 valence electrons. The average molecular weight is 279 g/mol. The zero-order valence-electron chi connectivity index (χ0n) is 10.9. The van der Waals surface area contributed by atoms with Crippen molar-refractivity contribution in [1.29, 1.82) is 0 Å². The summed E-state index contributed by atoms with van der Waals surface area (Å²) in [7, 11) is -0.0295. The van der Waals surface area contributed by atoms with Crippen molar-refractivity contribution in [1.82, 2.24) is 9.29 Å². The zero-order valence-corrected chi connectivity index (χ0v) is 11.7. The van der Waals surface area contributed by atoms with Crippen LogP contribution in [0.4, 0.5) is 5.69 Å². The Labute approximate surface area is 113 Å². The van der Waals surface area contributed by atoms with Crippen molar-refractivity contribution in [2.24, 2.45) is 7.05 Å². The lowest BCUT2D eigenvalue weighted by molar-refractivity contribution is 0.588. The molecule has 0 aliphatic carbocycles. The van der Waals surface area contributed by atoms with Crippen LogP contribution in [0.2, 0.25) is 0 Å². The number of rotatable bonds is 5. The van der Waals surface area contributed by atoms with Crippen molar-refractivity contribution >= 4 is 15.7 Å². The second kappa shape index (κ2) is 5.46. The Morgan fingerprint density at radius 1 is 1.26 bits per heavy atom. The van der Waals surface area contributed by atoms with Crippen molar-refractivity contribution in [3.8, 4) is 0 Å². The molecule has 5 nitrogen and oxygen atoms in total. The molecular weight excluding hydrogens is 262 g/mol. The molecule has 2 rings (SSSR count). The molecular formula is C13H17N3O2S. The van der Waals surface area contributed by atoms with Gasteiger partial charge in [0.05, 0.1) is 4.90 Å². The zero-order chi connectivity index (χ0) is 13.9. The number of aryl methyl sites for hydroxylation is 1. The fourth-order valence-corrected chi connectivity index (χ4v) is 2.54. The first kappa shape index (κ1) is 13.6. The van der Waals surface area contributed by atoms with Crippen molar-refractivity contribution in [2.75, 3.05) is 12.4 Å². The highest BCUT2D eigenvalue weighted by molar-refractivity contribution is 7.89. The molecule has 1 aromatic heterocycles. The Hall–Kier alpha value is -1.79. The molecule has 0 fully saturated rings. The molecule has 0 radical (unpaired) electrons. The molecule has 1 aromatic carbocycles. The van der Waals surface area contributed by atoms with Gasteiger partial charge >= 0.3 is 0 Å². The van der Waals surface area contributed by atoms with Crippen LogP contribution in [0.3, 0.4) is 0 Å². The van der Waals surface area contributed by atoms with Crippen LogP contribution in [0, 0.1) is 0 Å². The van der Waals surface area contributed by atoms with Crippen molar-refractivity contribution < 1.29 is 8.42 Å². The third kappa shape index (κ3) is 3.36. The number of hydrogen-bond donors (Lipinski definition) is 2. The van der Waals surface area contributed by atoms with E-state index < -0.39 is 10.0 Å². The lowest BCUT2D eigenvalue weighted by Crippen LogP contribution is -2.18. The molecule has 2 N–H and O–H groups in total. The van der Waals surface area contributed by atoms with Crippen LogP contribution in [0.5, 0.6) is 0 Å². The van der Waals surface area contributed by atoms with E-state index in [4.69, 9.17) is 0 Å². The topological polar surface area (TPSA) is 63.1 Å².